The molecule has 0 bridgehead atoms. The Morgan fingerprint density at radius 2 is 1.59 bits per heavy atom. The first kappa shape index (κ1) is 16.1. The number of nitrogens with two attached hydrogens (primary N) is 1. The molecule has 0 saturated heterocycles. The molecule has 1 atom stereocenters. The van der Waals surface area contributed by atoms with Crippen LogP contribution >= 0.6 is 12.4 Å². The summed E-state index contributed by atoms with van der Waals surface area (Å²) in [5.74, 6) is 0.651. The molecule has 0 aromatic heterocycles. The van der Waals surface area contributed by atoms with Crippen molar-refractivity contribution in [2.75, 3.05) is 0 Å². The molecule has 1 aromatic rings. The molecule has 0 fully saturated rings. The van der Waals surface area contributed by atoms with Crippen LogP contribution in [0.4, 0.5) is 8.78 Å². The van der Waals surface area contributed by atoms with Crippen molar-refractivity contribution >= 4 is 12.4 Å². The molecule has 1 aromatic carbocycles. The van der Waals surface area contributed by atoms with Crippen molar-refractivity contribution in [1.82, 2.24) is 0 Å². The summed E-state index contributed by atoms with van der Waals surface area (Å²) in [6.07, 6.45) is -2.55. The van der Waals surface area contributed by atoms with E-state index in [1.165, 1.54) is 0 Å². The Labute approximate surface area is 107 Å². The second-order valence-corrected chi connectivity index (χ2v) is 4.64. The third-order valence-electron chi connectivity index (χ3n) is 1.96. The molecular weight excluding hydrogens is 248 g/mol. The highest BCUT2D eigenvalue weighted by Gasteiger charge is 2.17. The lowest BCUT2D eigenvalue weighted by Crippen LogP contribution is -2.23. The minimum absolute atomic E-state index is 0. The maximum Gasteiger partial charge on any atom is 0.257 e. The zero-order chi connectivity index (χ0) is 12.3. The lowest BCUT2D eigenvalue weighted by atomic mass is 10.1. The molecule has 98 valence electrons. The van der Waals surface area contributed by atoms with Crippen LogP contribution < -0.4 is 10.5 Å². The SMILES string of the molecule is CC(C)(C)Oc1ccc([C@@H](N)C(F)F)cc1.Cl. The highest BCUT2D eigenvalue weighted by atomic mass is 35.5. The van der Waals surface area contributed by atoms with Gasteiger partial charge in [0.25, 0.3) is 6.43 Å². The van der Waals surface area contributed by atoms with E-state index in [2.05, 4.69) is 0 Å². The predicted octanol–water partition coefficient (Wildman–Crippen LogP) is 3.55. The van der Waals surface area contributed by atoms with E-state index in [1.807, 2.05) is 20.8 Å². The minimum atomic E-state index is -2.55. The second kappa shape index (κ2) is 6.17. The van der Waals surface area contributed by atoms with Crippen molar-refractivity contribution in [1.29, 1.82) is 0 Å². The van der Waals surface area contributed by atoms with Crippen LogP contribution in [0.3, 0.4) is 0 Å². The molecule has 0 amide bonds. The molecule has 0 saturated carbocycles. The standard InChI is InChI=1S/C12H17F2NO.ClH/c1-12(2,3)16-9-6-4-8(5-7-9)10(15)11(13)14;/h4-7,10-11H,15H2,1-3H3;1H/t10-;/m1./s1. The average molecular weight is 266 g/mol. The summed E-state index contributed by atoms with van der Waals surface area (Å²) >= 11 is 0. The summed E-state index contributed by atoms with van der Waals surface area (Å²) in [7, 11) is 0. The zero-order valence-corrected chi connectivity index (χ0v) is 10.9. The van der Waals surface area contributed by atoms with Crippen molar-refractivity contribution in [3.63, 3.8) is 0 Å². The second-order valence-electron chi connectivity index (χ2n) is 4.64. The molecule has 17 heavy (non-hydrogen) atoms. The molecule has 2 nitrogen and oxygen atoms in total. The van der Waals surface area contributed by atoms with E-state index in [0.29, 0.717) is 11.3 Å². The number of hydrogen-bond acceptors (Lipinski definition) is 2. The van der Waals surface area contributed by atoms with E-state index in [1.54, 1.807) is 24.3 Å². The first-order valence-corrected chi connectivity index (χ1v) is 5.12. The molecule has 2 N–H and O–H groups in total. The smallest absolute Gasteiger partial charge is 0.257 e. The highest BCUT2D eigenvalue weighted by molar-refractivity contribution is 5.85. The van der Waals surface area contributed by atoms with Crippen molar-refractivity contribution in [3.8, 4) is 5.75 Å². The molecule has 1 rings (SSSR count). The quantitative estimate of drug-likeness (QED) is 0.907. The Hall–Kier alpha value is -0.870. The molecule has 0 aliphatic carbocycles. The van der Waals surface area contributed by atoms with E-state index >= 15 is 0 Å². The van der Waals surface area contributed by atoms with Gasteiger partial charge in [0.15, 0.2) is 0 Å². The summed E-state index contributed by atoms with van der Waals surface area (Å²) in [4.78, 5) is 0. The summed E-state index contributed by atoms with van der Waals surface area (Å²) in [6.45, 7) is 5.77. The van der Waals surface area contributed by atoms with Crippen LogP contribution in [-0.2, 0) is 0 Å². The molecule has 0 aliphatic rings. The summed E-state index contributed by atoms with van der Waals surface area (Å²) < 4.78 is 30.2. The number of halogens is 3. The summed E-state index contributed by atoms with van der Waals surface area (Å²) in [5.41, 5.74) is 5.44. The third-order valence-corrected chi connectivity index (χ3v) is 1.96. The van der Waals surface area contributed by atoms with Crippen LogP contribution in [0.5, 0.6) is 5.75 Å². The van der Waals surface area contributed by atoms with Gasteiger partial charge in [0.2, 0.25) is 0 Å². The Morgan fingerprint density at radius 1 is 1.12 bits per heavy atom. The maximum atomic E-state index is 12.3. The summed E-state index contributed by atoms with van der Waals surface area (Å²) in [5, 5.41) is 0. The van der Waals surface area contributed by atoms with Crippen LogP contribution in [0.15, 0.2) is 24.3 Å². The minimum Gasteiger partial charge on any atom is -0.488 e. The highest BCUT2D eigenvalue weighted by Crippen LogP contribution is 2.23. The Balaban J connectivity index is 0.00000256. The van der Waals surface area contributed by atoms with Crippen LogP contribution in [-0.4, -0.2) is 12.0 Å². The molecule has 5 heteroatoms. The van der Waals surface area contributed by atoms with Crippen molar-refractivity contribution in [3.05, 3.63) is 29.8 Å². The molecule has 0 aliphatic heterocycles. The van der Waals surface area contributed by atoms with Gasteiger partial charge < -0.3 is 10.5 Å². The molecule has 0 radical (unpaired) electrons. The van der Waals surface area contributed by atoms with Crippen molar-refractivity contribution in [2.24, 2.45) is 5.73 Å². The lowest BCUT2D eigenvalue weighted by Gasteiger charge is -2.21. The number of benzene rings is 1. The number of hydrogen-bond donors (Lipinski definition) is 1. The monoisotopic (exact) mass is 265 g/mol. The van der Waals surface area contributed by atoms with Crippen LogP contribution in [0.2, 0.25) is 0 Å². The van der Waals surface area contributed by atoms with Gasteiger partial charge in [-0.05, 0) is 38.5 Å². The maximum absolute atomic E-state index is 12.3. The average Bonchev–Trinajstić information content (AvgIpc) is 2.15. The molecule has 0 heterocycles. The van der Waals surface area contributed by atoms with Gasteiger partial charge in [-0.25, -0.2) is 8.78 Å². The van der Waals surface area contributed by atoms with Crippen LogP contribution in [0.25, 0.3) is 0 Å². The molecule has 0 unspecified atom stereocenters. The van der Waals surface area contributed by atoms with E-state index in [4.69, 9.17) is 10.5 Å². The zero-order valence-electron chi connectivity index (χ0n) is 10.1. The van der Waals surface area contributed by atoms with Crippen LogP contribution in [0.1, 0.15) is 32.4 Å². The van der Waals surface area contributed by atoms with Gasteiger partial charge in [0.05, 0.1) is 6.04 Å². The predicted molar refractivity (Wildman–Crippen MR) is 67.0 cm³/mol. The van der Waals surface area contributed by atoms with E-state index in [-0.39, 0.29) is 18.0 Å². The fourth-order valence-corrected chi connectivity index (χ4v) is 1.26. The first-order chi connectivity index (χ1) is 7.29. The van der Waals surface area contributed by atoms with E-state index in [9.17, 15) is 8.78 Å². The van der Waals surface area contributed by atoms with E-state index < -0.39 is 12.5 Å². The Morgan fingerprint density at radius 3 is 1.94 bits per heavy atom. The van der Waals surface area contributed by atoms with Crippen LogP contribution in [0, 0.1) is 0 Å². The largest absolute Gasteiger partial charge is 0.488 e. The van der Waals surface area contributed by atoms with Gasteiger partial charge in [-0.3, -0.25) is 0 Å². The van der Waals surface area contributed by atoms with Gasteiger partial charge in [0.1, 0.15) is 11.4 Å². The third kappa shape index (κ3) is 5.33. The fraction of sp³-hybridized carbons (Fsp3) is 0.500. The van der Waals surface area contributed by atoms with E-state index in [0.717, 1.165) is 0 Å². The van der Waals surface area contributed by atoms with Gasteiger partial charge in [-0.15, -0.1) is 12.4 Å². The van der Waals surface area contributed by atoms with Gasteiger partial charge in [-0.2, -0.15) is 0 Å². The Bertz CT molecular complexity index is 335. The number of ether oxygens (including phenoxy) is 1. The van der Waals surface area contributed by atoms with Crippen molar-refractivity contribution in [2.45, 2.75) is 38.8 Å². The normalized spacial score (nSPS) is 13.1. The van der Waals surface area contributed by atoms with Gasteiger partial charge in [-0.1, -0.05) is 12.1 Å². The first-order valence-electron chi connectivity index (χ1n) is 5.12. The topological polar surface area (TPSA) is 35.2 Å². The Kier molecular flexibility index (Phi) is 5.85. The molecule has 0 spiro atoms. The van der Waals surface area contributed by atoms with Gasteiger partial charge in [0, 0.05) is 0 Å². The number of rotatable bonds is 3. The lowest BCUT2D eigenvalue weighted by molar-refractivity contribution is 0.116. The fourth-order valence-electron chi connectivity index (χ4n) is 1.26. The molecular formula is C12H18ClF2NO. The van der Waals surface area contributed by atoms with Crippen molar-refractivity contribution < 1.29 is 13.5 Å². The number of alkyl halides is 2. The summed E-state index contributed by atoms with van der Waals surface area (Å²) in [6, 6.07) is 5.21. The van der Waals surface area contributed by atoms with Gasteiger partial charge >= 0.3 is 0 Å².